The second-order valence-electron chi connectivity index (χ2n) is 11.9. The highest BCUT2D eigenvalue weighted by atomic mass is 32.2. The maximum absolute atomic E-state index is 14.0. The Bertz CT molecular complexity index is 1770. The van der Waals surface area contributed by atoms with Crippen molar-refractivity contribution in [3.63, 3.8) is 0 Å². The van der Waals surface area contributed by atoms with E-state index in [2.05, 4.69) is 24.3 Å². The molecule has 3 aromatic carbocycles. The van der Waals surface area contributed by atoms with Crippen molar-refractivity contribution in [1.29, 1.82) is 0 Å². The van der Waals surface area contributed by atoms with Gasteiger partial charge >= 0.3 is 0 Å². The highest BCUT2D eigenvalue weighted by Gasteiger charge is 2.30. The molecule has 0 saturated carbocycles. The first-order chi connectivity index (χ1) is 22.0. The number of fused-ring (bicyclic) bond motifs is 1. The van der Waals surface area contributed by atoms with Gasteiger partial charge in [0.05, 0.1) is 20.3 Å². The van der Waals surface area contributed by atoms with Crippen LogP contribution < -0.4 is 14.2 Å². The number of hydrogen-bond donors (Lipinski definition) is 2. The minimum atomic E-state index is -4.49. The summed E-state index contributed by atoms with van der Waals surface area (Å²) in [5.41, 5.74) is 5.01. The van der Waals surface area contributed by atoms with Crippen LogP contribution in [0.15, 0.2) is 78.0 Å². The van der Waals surface area contributed by atoms with Gasteiger partial charge in [-0.05, 0) is 91.1 Å². The Balaban J connectivity index is 1.29. The van der Waals surface area contributed by atoms with E-state index in [0.29, 0.717) is 35.6 Å². The molecule has 8 nitrogen and oxygen atoms in total. The summed E-state index contributed by atoms with van der Waals surface area (Å²) >= 11 is 0. The van der Waals surface area contributed by atoms with Crippen LogP contribution in [-0.4, -0.2) is 38.2 Å². The van der Waals surface area contributed by atoms with E-state index in [9.17, 15) is 27.1 Å². The molecule has 2 atom stereocenters. The SMILES string of the molecule is COc1cc([C@@H](O)[C@H](CC2Cc3ccccc3C2)Cn2ccc(CCC(=O)NS(=O)(=O)c3ccc(F)cc3F)c2)cc(OC)c1C. The van der Waals surface area contributed by atoms with E-state index in [4.69, 9.17) is 9.47 Å². The van der Waals surface area contributed by atoms with Gasteiger partial charge in [0.25, 0.3) is 10.0 Å². The molecule has 2 N–H and O–H groups in total. The highest BCUT2D eigenvalue weighted by molar-refractivity contribution is 7.90. The molecule has 0 radical (unpaired) electrons. The Labute approximate surface area is 268 Å². The molecular weight excluding hydrogens is 614 g/mol. The lowest BCUT2D eigenvalue weighted by atomic mass is 9.85. The van der Waals surface area contributed by atoms with Gasteiger partial charge in [-0.3, -0.25) is 4.79 Å². The van der Waals surface area contributed by atoms with Gasteiger partial charge in [0.2, 0.25) is 5.91 Å². The van der Waals surface area contributed by atoms with Crippen LogP contribution in [0, 0.1) is 30.4 Å². The number of halogens is 2. The Hall–Kier alpha value is -4.22. The average molecular weight is 653 g/mol. The topological polar surface area (TPSA) is 107 Å². The smallest absolute Gasteiger partial charge is 0.266 e. The second kappa shape index (κ2) is 14.0. The third-order valence-corrected chi connectivity index (χ3v) is 10.1. The quantitative estimate of drug-likeness (QED) is 0.192. The van der Waals surface area contributed by atoms with Crippen molar-refractivity contribution in [2.75, 3.05) is 14.2 Å². The van der Waals surface area contributed by atoms with Gasteiger partial charge < -0.3 is 19.1 Å². The van der Waals surface area contributed by atoms with Gasteiger partial charge in [-0.2, -0.15) is 0 Å². The lowest BCUT2D eigenvalue weighted by molar-refractivity contribution is -0.119. The zero-order valence-electron chi connectivity index (χ0n) is 26.0. The normalized spacial score (nSPS) is 14.5. The number of nitrogens with zero attached hydrogens (tertiary/aromatic N) is 1. The number of methoxy groups -OCH3 is 2. The molecule has 4 aromatic rings. The van der Waals surface area contributed by atoms with Crippen molar-refractivity contribution in [3.8, 4) is 11.5 Å². The Morgan fingerprint density at radius 3 is 2.28 bits per heavy atom. The molecule has 0 spiro atoms. The number of benzene rings is 3. The Morgan fingerprint density at radius 2 is 1.67 bits per heavy atom. The number of nitrogens with one attached hydrogen (secondary N) is 1. The van der Waals surface area contributed by atoms with Gasteiger partial charge in [0, 0.05) is 42.9 Å². The van der Waals surface area contributed by atoms with E-state index in [1.165, 1.54) is 11.1 Å². The van der Waals surface area contributed by atoms with Crippen molar-refractivity contribution in [1.82, 2.24) is 9.29 Å². The van der Waals surface area contributed by atoms with Gasteiger partial charge in [0.15, 0.2) is 0 Å². The molecule has 0 saturated heterocycles. The first kappa shape index (κ1) is 33.2. The Kier molecular flexibility index (Phi) is 10.1. The number of aryl methyl sites for hydroxylation is 1. The number of aliphatic hydroxyl groups is 1. The summed E-state index contributed by atoms with van der Waals surface area (Å²) in [6.45, 7) is 2.40. The van der Waals surface area contributed by atoms with Gasteiger partial charge in [-0.25, -0.2) is 21.9 Å². The average Bonchev–Trinajstić information content (AvgIpc) is 3.65. The summed E-state index contributed by atoms with van der Waals surface area (Å²) in [6, 6.07) is 16.0. The second-order valence-corrected chi connectivity index (χ2v) is 13.5. The summed E-state index contributed by atoms with van der Waals surface area (Å²) in [5, 5.41) is 11.8. The number of aliphatic hydroxyl groups excluding tert-OH is 1. The number of hydrogen-bond acceptors (Lipinski definition) is 6. The fourth-order valence-electron chi connectivity index (χ4n) is 6.33. The molecule has 0 aliphatic heterocycles. The zero-order valence-corrected chi connectivity index (χ0v) is 26.8. The molecule has 0 bridgehead atoms. The third-order valence-electron chi connectivity index (χ3n) is 8.66. The monoisotopic (exact) mass is 652 g/mol. The molecule has 1 aromatic heterocycles. The fraction of sp³-hybridized carbons (Fsp3) is 0.343. The van der Waals surface area contributed by atoms with Crippen LogP contribution in [0.2, 0.25) is 0 Å². The van der Waals surface area contributed by atoms with Crippen LogP contribution in [0.5, 0.6) is 11.5 Å². The molecule has 0 unspecified atom stereocenters. The fourth-order valence-corrected chi connectivity index (χ4v) is 7.40. The van der Waals surface area contributed by atoms with Crippen molar-refractivity contribution in [2.45, 2.75) is 56.6 Å². The van der Waals surface area contributed by atoms with Crippen molar-refractivity contribution < 1.29 is 36.6 Å². The van der Waals surface area contributed by atoms with Gasteiger partial charge in [0.1, 0.15) is 28.0 Å². The van der Waals surface area contributed by atoms with E-state index in [-0.39, 0.29) is 18.8 Å². The highest BCUT2D eigenvalue weighted by Crippen LogP contribution is 2.39. The number of sulfonamides is 1. The standard InChI is InChI=1S/C35H38F2N2O6S/c1-22-31(44-2)17-27(18-32(22)45-3)35(41)28(16-24-14-25-6-4-5-7-26(25)15-24)21-39-13-12-23(20-39)8-11-34(40)38-46(42,43)33-10-9-29(36)19-30(33)37/h4-7,9-10,12-13,17-20,24,28,35,41H,8,11,14-16,21H2,1-3H3,(H,38,40)/t28-,35-/m1/s1. The van der Waals surface area contributed by atoms with Gasteiger partial charge in [-0.15, -0.1) is 0 Å². The number of amides is 1. The lowest BCUT2D eigenvalue weighted by Gasteiger charge is -2.27. The molecule has 1 aliphatic rings. The van der Waals surface area contributed by atoms with Crippen LogP contribution in [0.25, 0.3) is 0 Å². The molecule has 244 valence electrons. The number of rotatable bonds is 13. The van der Waals surface area contributed by atoms with Crippen molar-refractivity contribution >= 4 is 15.9 Å². The summed E-state index contributed by atoms with van der Waals surface area (Å²) in [4.78, 5) is 11.7. The summed E-state index contributed by atoms with van der Waals surface area (Å²) < 4.78 is 67.1. The number of aromatic nitrogens is 1. The van der Waals surface area contributed by atoms with E-state index < -0.39 is 38.6 Å². The predicted molar refractivity (Wildman–Crippen MR) is 169 cm³/mol. The van der Waals surface area contributed by atoms with Crippen LogP contribution in [0.4, 0.5) is 8.78 Å². The van der Waals surface area contributed by atoms with E-state index in [1.807, 2.05) is 46.8 Å². The molecular formula is C35H38F2N2O6S. The molecule has 1 heterocycles. The van der Waals surface area contributed by atoms with Crippen molar-refractivity contribution in [3.05, 3.63) is 113 Å². The van der Waals surface area contributed by atoms with E-state index >= 15 is 0 Å². The third kappa shape index (κ3) is 7.59. The van der Waals surface area contributed by atoms with Crippen molar-refractivity contribution in [2.24, 2.45) is 11.8 Å². The molecule has 0 fully saturated rings. The predicted octanol–water partition coefficient (Wildman–Crippen LogP) is 5.68. The number of ether oxygens (including phenoxy) is 2. The summed E-state index contributed by atoms with van der Waals surface area (Å²) in [7, 11) is -1.32. The van der Waals surface area contributed by atoms with Crippen LogP contribution in [0.3, 0.4) is 0 Å². The number of carbonyl (C=O) groups excluding carboxylic acids is 1. The maximum Gasteiger partial charge on any atom is 0.266 e. The van der Waals surface area contributed by atoms with E-state index in [1.54, 1.807) is 14.2 Å². The van der Waals surface area contributed by atoms with Crippen LogP contribution in [0.1, 0.15) is 46.8 Å². The molecule has 11 heteroatoms. The van der Waals surface area contributed by atoms with Crippen LogP contribution >= 0.6 is 0 Å². The number of carbonyl (C=O) groups is 1. The molecule has 46 heavy (non-hydrogen) atoms. The first-order valence-corrected chi connectivity index (χ1v) is 16.6. The summed E-state index contributed by atoms with van der Waals surface area (Å²) in [5.74, 6) is -1.56. The minimum absolute atomic E-state index is 0.165. The summed E-state index contributed by atoms with van der Waals surface area (Å²) in [6.07, 6.45) is 5.65. The largest absolute Gasteiger partial charge is 0.496 e. The van der Waals surface area contributed by atoms with Crippen LogP contribution in [-0.2, 0) is 40.6 Å². The Morgan fingerprint density at radius 1 is 1.02 bits per heavy atom. The minimum Gasteiger partial charge on any atom is -0.496 e. The first-order valence-electron chi connectivity index (χ1n) is 15.1. The molecule has 1 aliphatic carbocycles. The van der Waals surface area contributed by atoms with E-state index in [0.717, 1.165) is 42.5 Å². The lowest BCUT2D eigenvalue weighted by Crippen LogP contribution is -2.31. The molecule has 5 rings (SSSR count). The maximum atomic E-state index is 14.0. The zero-order chi connectivity index (χ0) is 33.0. The van der Waals surface area contributed by atoms with Gasteiger partial charge in [-0.1, -0.05) is 24.3 Å². The molecule has 1 amide bonds.